The average molecular weight is 497 g/mol. The predicted molar refractivity (Wildman–Crippen MR) is 128 cm³/mol. The lowest BCUT2D eigenvalue weighted by Crippen LogP contribution is -2.48. The SMILES string of the molecule is Cc1ccc(S(=O)(=O)N2CCN(c3c(Cl)cccc3NCc3cnc(Cl)s3)CC2)cc1. The van der Waals surface area contributed by atoms with E-state index in [1.165, 1.54) is 15.6 Å². The molecule has 1 aromatic heterocycles. The van der Waals surface area contributed by atoms with Gasteiger partial charge in [-0.25, -0.2) is 13.4 Å². The molecular formula is C21H22Cl2N4O2S2. The zero-order valence-electron chi connectivity index (χ0n) is 16.9. The van der Waals surface area contributed by atoms with Gasteiger partial charge < -0.3 is 10.2 Å². The molecule has 0 bridgehead atoms. The molecule has 0 saturated carbocycles. The Morgan fingerprint density at radius 2 is 1.77 bits per heavy atom. The highest BCUT2D eigenvalue weighted by atomic mass is 35.5. The van der Waals surface area contributed by atoms with Gasteiger partial charge in [-0.05, 0) is 31.2 Å². The Morgan fingerprint density at radius 3 is 2.42 bits per heavy atom. The molecular weight excluding hydrogens is 475 g/mol. The maximum atomic E-state index is 13.0. The molecule has 3 aromatic rings. The van der Waals surface area contributed by atoms with Crippen molar-refractivity contribution in [3.05, 3.63) is 68.6 Å². The van der Waals surface area contributed by atoms with Crippen LogP contribution in [0.2, 0.25) is 9.49 Å². The maximum Gasteiger partial charge on any atom is 0.243 e. The fourth-order valence-electron chi connectivity index (χ4n) is 3.54. The molecule has 0 amide bonds. The first-order chi connectivity index (χ1) is 14.8. The standard InChI is InChI=1S/C21H22Cl2N4O2S2/c1-15-5-7-17(8-6-15)31(28,29)27-11-9-26(10-12-27)20-18(22)3-2-4-19(20)24-13-16-14-25-21(23)30-16/h2-8,14,24H,9-13H2,1H3. The van der Waals surface area contributed by atoms with Crippen LogP contribution in [0.25, 0.3) is 0 Å². The average Bonchev–Trinajstić information content (AvgIpc) is 3.18. The number of sulfonamides is 1. The number of anilines is 2. The molecule has 1 fully saturated rings. The van der Waals surface area contributed by atoms with Gasteiger partial charge in [-0.1, -0.05) is 47.0 Å². The van der Waals surface area contributed by atoms with E-state index in [2.05, 4.69) is 15.2 Å². The highest BCUT2D eigenvalue weighted by Gasteiger charge is 2.29. The van der Waals surface area contributed by atoms with Gasteiger partial charge in [0.05, 0.1) is 27.8 Å². The Labute approximate surface area is 196 Å². The molecule has 0 spiro atoms. The Hall–Kier alpha value is -1.84. The summed E-state index contributed by atoms with van der Waals surface area (Å²) < 4.78 is 28.0. The second-order valence-corrected chi connectivity index (χ2v) is 11.3. The van der Waals surface area contributed by atoms with E-state index in [0.29, 0.717) is 47.1 Å². The van der Waals surface area contributed by atoms with Crippen molar-refractivity contribution in [3.8, 4) is 0 Å². The van der Waals surface area contributed by atoms with E-state index in [0.717, 1.165) is 21.8 Å². The van der Waals surface area contributed by atoms with Crippen LogP contribution in [0.1, 0.15) is 10.4 Å². The molecule has 1 aliphatic rings. The van der Waals surface area contributed by atoms with Crippen molar-refractivity contribution >= 4 is 55.9 Å². The van der Waals surface area contributed by atoms with Gasteiger partial charge >= 0.3 is 0 Å². The topological polar surface area (TPSA) is 65.5 Å². The van der Waals surface area contributed by atoms with Gasteiger partial charge in [-0.3, -0.25) is 0 Å². The Kier molecular flexibility index (Phi) is 6.74. The largest absolute Gasteiger partial charge is 0.378 e. The number of rotatable bonds is 6. The van der Waals surface area contributed by atoms with Gasteiger partial charge in [-0.15, -0.1) is 11.3 Å². The summed E-state index contributed by atoms with van der Waals surface area (Å²) in [6.07, 6.45) is 1.75. The quantitative estimate of drug-likeness (QED) is 0.526. The predicted octanol–water partition coefficient (Wildman–Crippen LogP) is 4.88. The number of aromatic nitrogens is 1. The molecule has 4 rings (SSSR count). The van der Waals surface area contributed by atoms with Crippen LogP contribution in [0.3, 0.4) is 0 Å². The minimum Gasteiger partial charge on any atom is -0.378 e. The van der Waals surface area contributed by atoms with E-state index in [9.17, 15) is 8.42 Å². The molecule has 0 radical (unpaired) electrons. The van der Waals surface area contributed by atoms with E-state index in [4.69, 9.17) is 23.2 Å². The lowest BCUT2D eigenvalue weighted by Gasteiger charge is -2.36. The van der Waals surface area contributed by atoms with Gasteiger partial charge in [0.1, 0.15) is 0 Å². The zero-order valence-corrected chi connectivity index (χ0v) is 20.0. The van der Waals surface area contributed by atoms with Crippen LogP contribution in [0, 0.1) is 6.92 Å². The Bertz CT molecular complexity index is 1160. The smallest absolute Gasteiger partial charge is 0.243 e. The molecule has 164 valence electrons. The van der Waals surface area contributed by atoms with Crippen molar-refractivity contribution in [3.63, 3.8) is 0 Å². The second-order valence-electron chi connectivity index (χ2n) is 7.27. The normalized spacial score (nSPS) is 15.3. The van der Waals surface area contributed by atoms with E-state index >= 15 is 0 Å². The van der Waals surface area contributed by atoms with Crippen molar-refractivity contribution in [2.75, 3.05) is 36.4 Å². The van der Waals surface area contributed by atoms with Crippen molar-refractivity contribution in [1.29, 1.82) is 0 Å². The molecule has 2 aromatic carbocycles. The third-order valence-electron chi connectivity index (χ3n) is 5.18. The van der Waals surface area contributed by atoms with E-state index in [1.54, 1.807) is 18.3 Å². The van der Waals surface area contributed by atoms with Gasteiger partial charge in [0.15, 0.2) is 4.47 Å². The first kappa shape index (κ1) is 22.4. The van der Waals surface area contributed by atoms with Crippen molar-refractivity contribution in [2.45, 2.75) is 18.4 Å². The number of thiazole rings is 1. The van der Waals surface area contributed by atoms with Crippen LogP contribution < -0.4 is 10.2 Å². The van der Waals surface area contributed by atoms with Crippen molar-refractivity contribution in [1.82, 2.24) is 9.29 Å². The third-order valence-corrected chi connectivity index (χ3v) is 8.51. The molecule has 0 atom stereocenters. The second kappa shape index (κ2) is 9.34. The van der Waals surface area contributed by atoms with Crippen LogP contribution in [0.4, 0.5) is 11.4 Å². The number of aryl methyl sites for hydroxylation is 1. The molecule has 1 aliphatic heterocycles. The van der Waals surface area contributed by atoms with Crippen LogP contribution in [0.15, 0.2) is 53.6 Å². The molecule has 1 saturated heterocycles. The number of piperazine rings is 1. The first-order valence-electron chi connectivity index (χ1n) is 9.79. The number of benzene rings is 2. The van der Waals surface area contributed by atoms with E-state index in [-0.39, 0.29) is 0 Å². The van der Waals surface area contributed by atoms with Gasteiger partial charge in [0, 0.05) is 37.3 Å². The lowest BCUT2D eigenvalue weighted by atomic mass is 10.2. The summed E-state index contributed by atoms with van der Waals surface area (Å²) in [5.74, 6) is 0. The molecule has 0 aliphatic carbocycles. The summed E-state index contributed by atoms with van der Waals surface area (Å²) in [6, 6.07) is 12.7. The lowest BCUT2D eigenvalue weighted by molar-refractivity contribution is 0.385. The number of halogens is 2. The van der Waals surface area contributed by atoms with E-state index < -0.39 is 10.0 Å². The van der Waals surface area contributed by atoms with Crippen LogP contribution >= 0.6 is 34.5 Å². The first-order valence-corrected chi connectivity index (χ1v) is 12.8. The number of nitrogens with one attached hydrogen (secondary N) is 1. The monoisotopic (exact) mass is 496 g/mol. The summed E-state index contributed by atoms with van der Waals surface area (Å²) in [6.45, 7) is 4.41. The minimum atomic E-state index is -3.51. The Balaban J connectivity index is 1.47. The Morgan fingerprint density at radius 1 is 1.06 bits per heavy atom. The van der Waals surface area contributed by atoms with E-state index in [1.807, 2.05) is 37.3 Å². The molecule has 31 heavy (non-hydrogen) atoms. The van der Waals surface area contributed by atoms with Crippen molar-refractivity contribution in [2.24, 2.45) is 0 Å². The summed E-state index contributed by atoms with van der Waals surface area (Å²) in [5, 5.41) is 4.03. The molecule has 1 N–H and O–H groups in total. The van der Waals surface area contributed by atoms with Crippen molar-refractivity contribution < 1.29 is 8.42 Å². The molecule has 2 heterocycles. The van der Waals surface area contributed by atoms with Crippen LogP contribution in [-0.4, -0.2) is 43.9 Å². The fourth-order valence-corrected chi connectivity index (χ4v) is 6.17. The van der Waals surface area contributed by atoms with Gasteiger partial charge in [0.2, 0.25) is 10.0 Å². The summed E-state index contributed by atoms with van der Waals surface area (Å²) in [5.41, 5.74) is 2.81. The summed E-state index contributed by atoms with van der Waals surface area (Å²) >= 11 is 13.9. The maximum absolute atomic E-state index is 13.0. The molecule has 10 heteroatoms. The number of nitrogens with zero attached hydrogens (tertiary/aromatic N) is 3. The van der Waals surface area contributed by atoms with Crippen LogP contribution in [0.5, 0.6) is 0 Å². The number of hydrogen-bond acceptors (Lipinski definition) is 6. The van der Waals surface area contributed by atoms with Crippen LogP contribution in [-0.2, 0) is 16.6 Å². The van der Waals surface area contributed by atoms with Gasteiger partial charge in [0.25, 0.3) is 0 Å². The number of para-hydroxylation sites is 1. The minimum absolute atomic E-state index is 0.329. The highest BCUT2D eigenvalue weighted by molar-refractivity contribution is 7.89. The zero-order chi connectivity index (χ0) is 22.0. The summed E-state index contributed by atoms with van der Waals surface area (Å²) in [4.78, 5) is 7.54. The third kappa shape index (κ3) is 4.99. The highest BCUT2D eigenvalue weighted by Crippen LogP contribution is 2.35. The van der Waals surface area contributed by atoms with Gasteiger partial charge in [-0.2, -0.15) is 4.31 Å². The number of hydrogen-bond donors (Lipinski definition) is 1. The fraction of sp³-hybridized carbons (Fsp3) is 0.286. The molecule has 0 unspecified atom stereocenters. The molecule has 6 nitrogen and oxygen atoms in total. The summed E-state index contributed by atoms with van der Waals surface area (Å²) in [7, 11) is -3.51.